The zero-order valence-corrected chi connectivity index (χ0v) is 20.0. The third kappa shape index (κ3) is 6.23. The fraction of sp³-hybridized carbons (Fsp3) is 0.727. The number of hydrogen-bond donors (Lipinski definition) is 2. The van der Waals surface area contributed by atoms with Gasteiger partial charge in [0.05, 0.1) is 6.10 Å². The maximum atomic E-state index is 11.3. The average molecular weight is 452 g/mol. The number of rotatable bonds is 4. The Kier molecular flexibility index (Phi) is 9.59. The van der Waals surface area contributed by atoms with E-state index >= 15 is 0 Å². The SMILES string of the molecule is CC1(C)CC(C(CN2CCNCC2)c2cccc(Cl)c2)C(O)C(C)(C)C1.Cl.Cl. The summed E-state index contributed by atoms with van der Waals surface area (Å²) in [5.74, 6) is 0.558. The van der Waals surface area contributed by atoms with Gasteiger partial charge >= 0.3 is 0 Å². The molecule has 1 aromatic carbocycles. The molecule has 0 aromatic heterocycles. The Hall–Kier alpha value is -0.0300. The van der Waals surface area contributed by atoms with Gasteiger partial charge in [0, 0.05) is 43.7 Å². The molecule has 162 valence electrons. The van der Waals surface area contributed by atoms with Gasteiger partial charge < -0.3 is 15.3 Å². The predicted molar refractivity (Wildman–Crippen MR) is 124 cm³/mol. The van der Waals surface area contributed by atoms with Crippen molar-refractivity contribution in [1.29, 1.82) is 0 Å². The Morgan fingerprint density at radius 1 is 1.18 bits per heavy atom. The number of hydrogen-bond acceptors (Lipinski definition) is 3. The van der Waals surface area contributed by atoms with Crippen LogP contribution < -0.4 is 5.32 Å². The van der Waals surface area contributed by atoms with Crippen LogP contribution in [0.15, 0.2) is 24.3 Å². The monoisotopic (exact) mass is 450 g/mol. The van der Waals surface area contributed by atoms with Gasteiger partial charge in [0.1, 0.15) is 0 Å². The number of piperazine rings is 1. The molecule has 3 nitrogen and oxygen atoms in total. The average Bonchev–Trinajstić information content (AvgIpc) is 2.56. The summed E-state index contributed by atoms with van der Waals surface area (Å²) < 4.78 is 0. The largest absolute Gasteiger partial charge is 0.392 e. The van der Waals surface area contributed by atoms with Gasteiger partial charge in [-0.25, -0.2) is 0 Å². The summed E-state index contributed by atoms with van der Waals surface area (Å²) >= 11 is 6.33. The zero-order chi connectivity index (χ0) is 18.9. The Bertz CT molecular complexity index is 618. The fourth-order valence-corrected chi connectivity index (χ4v) is 5.70. The van der Waals surface area contributed by atoms with Crippen molar-refractivity contribution in [2.75, 3.05) is 32.7 Å². The normalized spacial score (nSPS) is 27.9. The first-order valence-corrected chi connectivity index (χ1v) is 10.4. The van der Waals surface area contributed by atoms with Crippen LogP contribution in [0.1, 0.15) is 52.0 Å². The third-order valence-electron chi connectivity index (χ3n) is 6.39. The van der Waals surface area contributed by atoms with Crippen LogP contribution in [-0.4, -0.2) is 48.8 Å². The van der Waals surface area contributed by atoms with Crippen molar-refractivity contribution in [1.82, 2.24) is 10.2 Å². The summed E-state index contributed by atoms with van der Waals surface area (Å²) in [5.41, 5.74) is 1.45. The van der Waals surface area contributed by atoms with Gasteiger partial charge in [0.2, 0.25) is 0 Å². The van der Waals surface area contributed by atoms with E-state index in [-0.39, 0.29) is 47.7 Å². The van der Waals surface area contributed by atoms with Crippen LogP contribution in [0, 0.1) is 16.7 Å². The predicted octanol–water partition coefficient (Wildman–Crippen LogP) is 5.00. The minimum absolute atomic E-state index is 0. The molecule has 2 N–H and O–H groups in total. The summed E-state index contributed by atoms with van der Waals surface area (Å²) in [5, 5.41) is 15.5. The van der Waals surface area contributed by atoms with Crippen molar-refractivity contribution in [3.05, 3.63) is 34.9 Å². The van der Waals surface area contributed by atoms with Gasteiger partial charge in [0.15, 0.2) is 0 Å². The smallest absolute Gasteiger partial charge is 0.0626 e. The number of nitrogens with zero attached hydrogens (tertiary/aromatic N) is 1. The molecule has 0 radical (unpaired) electrons. The molecular weight excluding hydrogens is 415 g/mol. The second-order valence-electron chi connectivity index (χ2n) is 9.85. The van der Waals surface area contributed by atoms with Crippen LogP contribution in [0.25, 0.3) is 0 Å². The zero-order valence-electron chi connectivity index (χ0n) is 17.6. The van der Waals surface area contributed by atoms with Crippen molar-refractivity contribution < 1.29 is 5.11 Å². The quantitative estimate of drug-likeness (QED) is 0.676. The van der Waals surface area contributed by atoms with Gasteiger partial charge in [0.25, 0.3) is 0 Å². The molecule has 1 saturated heterocycles. The summed E-state index contributed by atoms with van der Waals surface area (Å²) in [6.45, 7) is 14.4. The van der Waals surface area contributed by atoms with Gasteiger partial charge in [-0.2, -0.15) is 0 Å². The van der Waals surface area contributed by atoms with Crippen LogP contribution in [-0.2, 0) is 0 Å². The molecule has 28 heavy (non-hydrogen) atoms. The van der Waals surface area contributed by atoms with E-state index in [0.29, 0.717) is 5.92 Å². The van der Waals surface area contributed by atoms with E-state index in [1.165, 1.54) is 5.56 Å². The Labute approximate surface area is 188 Å². The number of halogens is 3. The summed E-state index contributed by atoms with van der Waals surface area (Å²) in [4.78, 5) is 2.55. The summed E-state index contributed by atoms with van der Waals surface area (Å²) in [6.07, 6.45) is 1.83. The van der Waals surface area contributed by atoms with E-state index in [2.05, 4.69) is 50.0 Å². The molecule has 3 rings (SSSR count). The molecular formula is C22H37Cl3N2O. The summed E-state index contributed by atoms with van der Waals surface area (Å²) in [7, 11) is 0. The molecule has 0 bridgehead atoms. The molecule has 1 aliphatic heterocycles. The van der Waals surface area contributed by atoms with Crippen LogP contribution in [0.4, 0.5) is 0 Å². The van der Waals surface area contributed by atoms with Crippen LogP contribution in [0.3, 0.4) is 0 Å². The van der Waals surface area contributed by atoms with Crippen LogP contribution in [0.5, 0.6) is 0 Å². The molecule has 2 fully saturated rings. The van der Waals surface area contributed by atoms with Crippen molar-refractivity contribution in [2.45, 2.75) is 52.6 Å². The molecule has 6 heteroatoms. The molecule has 3 atom stereocenters. The van der Waals surface area contributed by atoms with E-state index in [1.807, 2.05) is 12.1 Å². The van der Waals surface area contributed by atoms with Crippen molar-refractivity contribution >= 4 is 36.4 Å². The van der Waals surface area contributed by atoms with E-state index < -0.39 is 0 Å². The van der Waals surface area contributed by atoms with Gasteiger partial charge in [-0.1, -0.05) is 51.4 Å². The molecule has 1 saturated carbocycles. The molecule has 1 aromatic rings. The molecule has 0 amide bonds. The molecule has 0 spiro atoms. The number of aliphatic hydroxyl groups is 1. The van der Waals surface area contributed by atoms with Crippen LogP contribution >= 0.6 is 36.4 Å². The summed E-state index contributed by atoms with van der Waals surface area (Å²) in [6, 6.07) is 8.29. The first kappa shape index (κ1) is 26.0. The van der Waals surface area contributed by atoms with Gasteiger partial charge in [-0.05, 0) is 47.3 Å². The lowest BCUT2D eigenvalue weighted by atomic mass is 9.56. The third-order valence-corrected chi connectivity index (χ3v) is 6.62. The van der Waals surface area contributed by atoms with E-state index in [0.717, 1.165) is 50.6 Å². The maximum absolute atomic E-state index is 11.3. The minimum Gasteiger partial charge on any atom is -0.392 e. The Balaban J connectivity index is 0.00000196. The highest BCUT2D eigenvalue weighted by Crippen LogP contribution is 2.52. The van der Waals surface area contributed by atoms with Gasteiger partial charge in [-0.15, -0.1) is 24.8 Å². The van der Waals surface area contributed by atoms with E-state index in [9.17, 15) is 5.11 Å². The molecule has 3 unspecified atom stereocenters. The highest BCUT2D eigenvalue weighted by molar-refractivity contribution is 6.30. The lowest BCUT2D eigenvalue weighted by molar-refractivity contribution is -0.0864. The number of benzene rings is 1. The topological polar surface area (TPSA) is 35.5 Å². The van der Waals surface area contributed by atoms with E-state index in [4.69, 9.17) is 11.6 Å². The fourth-order valence-electron chi connectivity index (χ4n) is 5.50. The molecule has 1 heterocycles. The Morgan fingerprint density at radius 2 is 1.82 bits per heavy atom. The molecule has 1 aliphatic carbocycles. The Morgan fingerprint density at radius 3 is 2.43 bits per heavy atom. The first-order chi connectivity index (χ1) is 12.2. The first-order valence-electron chi connectivity index (χ1n) is 10.0. The standard InChI is InChI=1S/C22H35ClN2O.2ClH/c1-21(2)13-18(20(26)22(3,4)15-21)19(14-25-10-8-24-9-11-25)16-6-5-7-17(23)12-16;;/h5-7,12,18-20,24,26H,8-11,13-15H2,1-4H3;2*1H. The van der Waals surface area contributed by atoms with E-state index in [1.54, 1.807) is 0 Å². The number of aliphatic hydroxyl groups excluding tert-OH is 1. The highest BCUT2D eigenvalue weighted by atomic mass is 35.5. The van der Waals surface area contributed by atoms with Gasteiger partial charge in [-0.3, -0.25) is 0 Å². The minimum atomic E-state index is -0.289. The molecule has 2 aliphatic rings. The second kappa shape index (κ2) is 10.3. The lowest BCUT2D eigenvalue weighted by Crippen LogP contribution is -2.51. The maximum Gasteiger partial charge on any atom is 0.0626 e. The lowest BCUT2D eigenvalue weighted by Gasteiger charge is -2.51. The van der Waals surface area contributed by atoms with Crippen LogP contribution in [0.2, 0.25) is 5.02 Å². The number of nitrogens with one attached hydrogen (secondary N) is 1. The highest BCUT2D eigenvalue weighted by Gasteiger charge is 2.48. The van der Waals surface area contributed by atoms with Crippen molar-refractivity contribution in [3.8, 4) is 0 Å². The van der Waals surface area contributed by atoms with Crippen molar-refractivity contribution in [2.24, 2.45) is 16.7 Å². The second-order valence-corrected chi connectivity index (χ2v) is 10.3. The van der Waals surface area contributed by atoms with Crippen molar-refractivity contribution in [3.63, 3.8) is 0 Å².